The number of nitrogens with one attached hydrogen (secondary N) is 2. The van der Waals surface area contributed by atoms with E-state index in [1.165, 1.54) is 0 Å². The lowest BCUT2D eigenvalue weighted by Gasteiger charge is -2.07. The molecule has 102 valence electrons. The van der Waals surface area contributed by atoms with Crippen molar-refractivity contribution in [2.45, 2.75) is 45.2 Å². The van der Waals surface area contributed by atoms with E-state index in [1.807, 2.05) is 6.92 Å². The zero-order chi connectivity index (χ0) is 13.1. The maximum absolute atomic E-state index is 11.8. The van der Waals surface area contributed by atoms with Crippen LogP contribution in [0.1, 0.15) is 39.0 Å². The molecule has 0 saturated carbocycles. The van der Waals surface area contributed by atoms with E-state index in [0.717, 1.165) is 12.8 Å². The summed E-state index contributed by atoms with van der Waals surface area (Å²) >= 11 is 0. The Balaban J connectivity index is 3.25. The standard InChI is InChI=1S/C11H21F3N2O/c1-2-3-8-16-10(17)9-15-7-5-4-6-11(12,13)14/h15H,2-9H2,1H3,(H,16,17). The highest BCUT2D eigenvalue weighted by atomic mass is 19.4. The SMILES string of the molecule is CCCCNC(=O)CNCCCCC(F)(F)F. The van der Waals surface area contributed by atoms with E-state index in [9.17, 15) is 18.0 Å². The molecule has 0 atom stereocenters. The topological polar surface area (TPSA) is 41.1 Å². The van der Waals surface area contributed by atoms with E-state index in [0.29, 0.717) is 19.5 Å². The first-order valence-electron chi connectivity index (χ1n) is 6.00. The summed E-state index contributed by atoms with van der Waals surface area (Å²) in [4.78, 5) is 11.2. The lowest BCUT2D eigenvalue weighted by atomic mass is 10.2. The van der Waals surface area contributed by atoms with Crippen LogP contribution in [0.25, 0.3) is 0 Å². The normalized spacial score (nSPS) is 11.5. The average Bonchev–Trinajstić information content (AvgIpc) is 2.22. The molecule has 0 rings (SSSR count). The largest absolute Gasteiger partial charge is 0.389 e. The van der Waals surface area contributed by atoms with Crippen molar-refractivity contribution < 1.29 is 18.0 Å². The van der Waals surface area contributed by atoms with Gasteiger partial charge in [-0.3, -0.25) is 4.79 Å². The average molecular weight is 254 g/mol. The van der Waals surface area contributed by atoms with E-state index < -0.39 is 12.6 Å². The van der Waals surface area contributed by atoms with Crippen LogP contribution in [0.3, 0.4) is 0 Å². The van der Waals surface area contributed by atoms with Crippen LogP contribution in [-0.2, 0) is 4.79 Å². The summed E-state index contributed by atoms with van der Waals surface area (Å²) in [5.41, 5.74) is 0. The molecule has 17 heavy (non-hydrogen) atoms. The van der Waals surface area contributed by atoms with Crippen molar-refractivity contribution in [1.29, 1.82) is 0 Å². The molecule has 0 fully saturated rings. The first-order valence-corrected chi connectivity index (χ1v) is 6.00. The van der Waals surface area contributed by atoms with Crippen LogP contribution in [-0.4, -0.2) is 31.7 Å². The van der Waals surface area contributed by atoms with Crippen molar-refractivity contribution in [3.8, 4) is 0 Å². The first-order chi connectivity index (χ1) is 7.95. The number of carbonyl (C=O) groups is 1. The Morgan fingerprint density at radius 3 is 2.41 bits per heavy atom. The van der Waals surface area contributed by atoms with E-state index >= 15 is 0 Å². The van der Waals surface area contributed by atoms with Crippen molar-refractivity contribution in [2.75, 3.05) is 19.6 Å². The van der Waals surface area contributed by atoms with Crippen LogP contribution in [0.15, 0.2) is 0 Å². The summed E-state index contributed by atoms with van der Waals surface area (Å²) in [5, 5.41) is 5.54. The minimum atomic E-state index is -4.07. The molecule has 0 aliphatic carbocycles. The van der Waals surface area contributed by atoms with Crippen LogP contribution in [0, 0.1) is 0 Å². The maximum atomic E-state index is 11.8. The Morgan fingerprint density at radius 2 is 1.82 bits per heavy atom. The minimum absolute atomic E-state index is 0.103. The van der Waals surface area contributed by atoms with Crippen LogP contribution < -0.4 is 10.6 Å². The van der Waals surface area contributed by atoms with Gasteiger partial charge in [-0.25, -0.2) is 0 Å². The second-order valence-corrected chi connectivity index (χ2v) is 3.95. The molecule has 0 aromatic heterocycles. The fourth-order valence-corrected chi connectivity index (χ4v) is 1.24. The van der Waals surface area contributed by atoms with E-state index in [2.05, 4.69) is 10.6 Å². The smallest absolute Gasteiger partial charge is 0.355 e. The first kappa shape index (κ1) is 16.2. The Labute approximate surface area is 100 Å². The minimum Gasteiger partial charge on any atom is -0.355 e. The number of hydrogen-bond donors (Lipinski definition) is 2. The number of alkyl halides is 3. The highest BCUT2D eigenvalue weighted by Gasteiger charge is 2.25. The monoisotopic (exact) mass is 254 g/mol. The number of hydrogen-bond acceptors (Lipinski definition) is 2. The van der Waals surface area contributed by atoms with Gasteiger partial charge >= 0.3 is 6.18 Å². The maximum Gasteiger partial charge on any atom is 0.389 e. The van der Waals surface area contributed by atoms with Crippen molar-refractivity contribution >= 4 is 5.91 Å². The van der Waals surface area contributed by atoms with Gasteiger partial charge in [0.2, 0.25) is 5.91 Å². The molecule has 6 heteroatoms. The third-order valence-corrected chi connectivity index (χ3v) is 2.20. The molecule has 0 aliphatic rings. The third kappa shape index (κ3) is 13.2. The molecule has 2 N–H and O–H groups in total. The van der Waals surface area contributed by atoms with Gasteiger partial charge in [0, 0.05) is 13.0 Å². The summed E-state index contributed by atoms with van der Waals surface area (Å²) in [7, 11) is 0. The molecule has 0 unspecified atom stereocenters. The second-order valence-electron chi connectivity index (χ2n) is 3.95. The second kappa shape index (κ2) is 9.27. The lowest BCUT2D eigenvalue weighted by Crippen LogP contribution is -2.34. The molecular formula is C11H21F3N2O. The fraction of sp³-hybridized carbons (Fsp3) is 0.909. The molecule has 0 aromatic rings. The van der Waals surface area contributed by atoms with Gasteiger partial charge in [0.05, 0.1) is 6.54 Å². The van der Waals surface area contributed by atoms with Crippen LogP contribution in [0.2, 0.25) is 0 Å². The zero-order valence-corrected chi connectivity index (χ0v) is 10.2. The van der Waals surface area contributed by atoms with Gasteiger partial charge in [-0.2, -0.15) is 13.2 Å². The Morgan fingerprint density at radius 1 is 1.12 bits per heavy atom. The summed E-state index contributed by atoms with van der Waals surface area (Å²) in [6.45, 7) is 3.31. The van der Waals surface area contributed by atoms with Crippen LogP contribution in [0.5, 0.6) is 0 Å². The predicted octanol–water partition coefficient (Wildman–Crippen LogP) is 2.22. The van der Waals surface area contributed by atoms with Gasteiger partial charge in [-0.1, -0.05) is 13.3 Å². The number of halogens is 3. The summed E-state index contributed by atoms with van der Waals surface area (Å²) in [6.07, 6.45) is -2.33. The Bertz CT molecular complexity index is 207. The van der Waals surface area contributed by atoms with Gasteiger partial charge in [-0.05, 0) is 25.8 Å². The summed E-state index contributed by atoms with van der Waals surface area (Å²) < 4.78 is 35.3. The molecule has 1 amide bonds. The molecule has 0 saturated heterocycles. The summed E-state index contributed by atoms with van der Waals surface area (Å²) in [5.74, 6) is -0.103. The molecule has 3 nitrogen and oxygen atoms in total. The fourth-order valence-electron chi connectivity index (χ4n) is 1.24. The Kier molecular flexibility index (Phi) is 8.85. The third-order valence-electron chi connectivity index (χ3n) is 2.20. The van der Waals surface area contributed by atoms with E-state index in [-0.39, 0.29) is 18.9 Å². The number of amides is 1. The number of rotatable bonds is 9. The van der Waals surface area contributed by atoms with Gasteiger partial charge in [0.1, 0.15) is 0 Å². The quantitative estimate of drug-likeness (QED) is 0.619. The summed E-state index contributed by atoms with van der Waals surface area (Å²) in [6, 6.07) is 0. The number of unbranched alkanes of at least 4 members (excludes halogenated alkanes) is 2. The van der Waals surface area contributed by atoms with Crippen molar-refractivity contribution in [3.05, 3.63) is 0 Å². The van der Waals surface area contributed by atoms with Gasteiger partial charge in [0.25, 0.3) is 0 Å². The van der Waals surface area contributed by atoms with Crippen LogP contribution in [0.4, 0.5) is 13.2 Å². The van der Waals surface area contributed by atoms with Gasteiger partial charge in [-0.15, -0.1) is 0 Å². The lowest BCUT2D eigenvalue weighted by molar-refractivity contribution is -0.135. The molecule has 0 spiro atoms. The van der Waals surface area contributed by atoms with Gasteiger partial charge < -0.3 is 10.6 Å². The highest BCUT2D eigenvalue weighted by molar-refractivity contribution is 5.77. The van der Waals surface area contributed by atoms with Gasteiger partial charge in [0.15, 0.2) is 0 Å². The molecule has 0 radical (unpaired) electrons. The Hall–Kier alpha value is -0.780. The van der Waals surface area contributed by atoms with E-state index in [1.54, 1.807) is 0 Å². The highest BCUT2D eigenvalue weighted by Crippen LogP contribution is 2.21. The van der Waals surface area contributed by atoms with Crippen molar-refractivity contribution in [1.82, 2.24) is 10.6 Å². The number of carbonyl (C=O) groups excluding carboxylic acids is 1. The van der Waals surface area contributed by atoms with Crippen molar-refractivity contribution in [3.63, 3.8) is 0 Å². The van der Waals surface area contributed by atoms with Crippen LogP contribution >= 0.6 is 0 Å². The molecule has 0 aliphatic heterocycles. The molecule has 0 bridgehead atoms. The van der Waals surface area contributed by atoms with Crippen molar-refractivity contribution in [2.24, 2.45) is 0 Å². The molecule has 0 heterocycles. The van der Waals surface area contributed by atoms with E-state index in [4.69, 9.17) is 0 Å². The molecular weight excluding hydrogens is 233 g/mol. The predicted molar refractivity (Wildman–Crippen MR) is 60.7 cm³/mol. The molecule has 0 aromatic carbocycles. The zero-order valence-electron chi connectivity index (χ0n) is 10.2.